The molecular weight excluding hydrogens is 166 g/mol. The number of nitrogens with zero attached hydrogens (tertiary/aromatic N) is 1. The summed E-state index contributed by atoms with van der Waals surface area (Å²) in [5, 5.41) is 3.60. The molecular formula is C9H17N3O. The van der Waals surface area contributed by atoms with Crippen LogP contribution in [0.15, 0.2) is 16.8 Å². The van der Waals surface area contributed by atoms with Crippen molar-refractivity contribution in [3.8, 4) is 0 Å². The van der Waals surface area contributed by atoms with Crippen LogP contribution >= 0.6 is 0 Å². The van der Waals surface area contributed by atoms with Gasteiger partial charge >= 0.3 is 6.03 Å². The zero-order valence-corrected chi connectivity index (χ0v) is 8.59. The molecule has 0 spiro atoms. The lowest BCUT2D eigenvalue weighted by Crippen LogP contribution is -2.24. The average molecular weight is 183 g/mol. The lowest BCUT2D eigenvalue weighted by molar-refractivity contribution is 0.249. The molecule has 74 valence electrons. The van der Waals surface area contributed by atoms with Crippen LogP contribution in [0.4, 0.5) is 4.79 Å². The molecule has 4 nitrogen and oxygen atoms in total. The van der Waals surface area contributed by atoms with Crippen molar-refractivity contribution in [2.75, 3.05) is 0 Å². The Labute approximate surface area is 78.9 Å². The molecule has 13 heavy (non-hydrogen) atoms. The highest BCUT2D eigenvalue weighted by molar-refractivity contribution is 5.76. The fraction of sp³-hybridized carbons (Fsp3) is 0.556. The number of amides is 2. The largest absolute Gasteiger partial charge is 0.350 e. The summed E-state index contributed by atoms with van der Waals surface area (Å²) in [5.74, 6) is 0. The Morgan fingerprint density at radius 3 is 2.38 bits per heavy atom. The third kappa shape index (κ3) is 5.90. The molecule has 3 N–H and O–H groups in total. The van der Waals surface area contributed by atoms with Crippen LogP contribution in [0.5, 0.6) is 0 Å². The molecule has 0 bridgehead atoms. The molecule has 0 aromatic heterocycles. The molecule has 0 unspecified atom stereocenters. The van der Waals surface area contributed by atoms with E-state index in [1.165, 1.54) is 11.8 Å². The van der Waals surface area contributed by atoms with Crippen molar-refractivity contribution < 1.29 is 4.79 Å². The Morgan fingerprint density at radius 1 is 1.46 bits per heavy atom. The van der Waals surface area contributed by atoms with Crippen LogP contribution in [0.25, 0.3) is 0 Å². The Bertz CT molecular complexity index is 236. The summed E-state index contributed by atoms with van der Waals surface area (Å²) in [6.07, 6.45) is 3.36. The van der Waals surface area contributed by atoms with E-state index < -0.39 is 6.03 Å². The summed E-state index contributed by atoms with van der Waals surface area (Å²) < 4.78 is 0. The van der Waals surface area contributed by atoms with Gasteiger partial charge in [-0.05, 0) is 18.4 Å². The van der Waals surface area contributed by atoms with E-state index in [0.29, 0.717) is 0 Å². The third-order valence-corrected chi connectivity index (χ3v) is 1.76. The van der Waals surface area contributed by atoms with Crippen LogP contribution in [0, 0.1) is 5.41 Å². The maximum absolute atomic E-state index is 10.2. The molecule has 0 fully saturated rings. The minimum atomic E-state index is -0.655. The SMILES string of the molecule is CC(=C/C=N/NC(N)=O)C(C)(C)C. The number of hydrazone groups is 1. The topological polar surface area (TPSA) is 67.5 Å². The number of carbonyl (C=O) groups excluding carboxylic acids is 1. The quantitative estimate of drug-likeness (QED) is 0.496. The molecule has 0 saturated heterocycles. The average Bonchev–Trinajstić information content (AvgIpc) is 1.95. The van der Waals surface area contributed by atoms with Gasteiger partial charge in [-0.2, -0.15) is 5.10 Å². The summed E-state index contributed by atoms with van der Waals surface area (Å²) in [6.45, 7) is 8.33. The monoisotopic (exact) mass is 183 g/mol. The van der Waals surface area contributed by atoms with Gasteiger partial charge in [-0.1, -0.05) is 26.3 Å². The fourth-order valence-electron chi connectivity index (χ4n) is 0.500. The standard InChI is InChI=1S/C9H17N3O/c1-7(9(2,3)4)5-6-11-12-8(10)13/h5-6H,1-4H3,(H3,10,12,13)/b7-5?,11-6+. The lowest BCUT2D eigenvalue weighted by atomic mass is 9.88. The number of rotatable bonds is 2. The normalized spacial score (nSPS) is 13.4. The van der Waals surface area contributed by atoms with Crippen molar-refractivity contribution in [3.63, 3.8) is 0 Å². The molecule has 0 aromatic carbocycles. The van der Waals surface area contributed by atoms with Crippen molar-refractivity contribution >= 4 is 12.2 Å². The van der Waals surface area contributed by atoms with E-state index in [1.54, 1.807) is 0 Å². The number of nitrogens with one attached hydrogen (secondary N) is 1. The van der Waals surface area contributed by atoms with Crippen LogP contribution in [-0.4, -0.2) is 12.2 Å². The van der Waals surface area contributed by atoms with E-state index in [0.717, 1.165) is 0 Å². The number of hydrogen-bond acceptors (Lipinski definition) is 2. The van der Waals surface area contributed by atoms with Gasteiger partial charge in [0.2, 0.25) is 0 Å². The van der Waals surface area contributed by atoms with Crippen LogP contribution in [0.3, 0.4) is 0 Å². The van der Waals surface area contributed by atoms with Gasteiger partial charge in [-0.15, -0.1) is 0 Å². The van der Waals surface area contributed by atoms with E-state index in [4.69, 9.17) is 5.73 Å². The highest BCUT2D eigenvalue weighted by Gasteiger charge is 2.10. The van der Waals surface area contributed by atoms with E-state index in [1.807, 2.05) is 13.0 Å². The van der Waals surface area contributed by atoms with Gasteiger partial charge in [-0.3, -0.25) is 0 Å². The van der Waals surface area contributed by atoms with E-state index >= 15 is 0 Å². The van der Waals surface area contributed by atoms with Crippen molar-refractivity contribution in [1.29, 1.82) is 0 Å². The number of hydrogen-bond donors (Lipinski definition) is 2. The molecule has 4 heteroatoms. The van der Waals surface area contributed by atoms with Crippen molar-refractivity contribution in [2.24, 2.45) is 16.3 Å². The third-order valence-electron chi connectivity index (χ3n) is 1.76. The van der Waals surface area contributed by atoms with Gasteiger partial charge in [0.15, 0.2) is 0 Å². The predicted molar refractivity (Wildman–Crippen MR) is 54.4 cm³/mol. The first-order chi connectivity index (χ1) is 5.84. The number of allylic oxidation sites excluding steroid dienone is 2. The number of urea groups is 1. The fourth-order valence-corrected chi connectivity index (χ4v) is 0.500. The van der Waals surface area contributed by atoms with Gasteiger partial charge in [0, 0.05) is 6.21 Å². The van der Waals surface area contributed by atoms with E-state index in [2.05, 4.69) is 31.3 Å². The predicted octanol–water partition coefficient (Wildman–Crippen LogP) is 1.63. The summed E-state index contributed by atoms with van der Waals surface area (Å²) in [5.41, 5.74) is 8.23. The number of primary amides is 1. The van der Waals surface area contributed by atoms with Gasteiger partial charge in [0.1, 0.15) is 0 Å². The molecule has 0 saturated carbocycles. The summed E-state index contributed by atoms with van der Waals surface area (Å²) in [7, 11) is 0. The first-order valence-electron chi connectivity index (χ1n) is 4.10. The molecule has 0 aliphatic carbocycles. The summed E-state index contributed by atoms with van der Waals surface area (Å²) >= 11 is 0. The molecule has 0 heterocycles. The van der Waals surface area contributed by atoms with Crippen LogP contribution < -0.4 is 11.2 Å². The van der Waals surface area contributed by atoms with Crippen LogP contribution in [0.1, 0.15) is 27.7 Å². The second-order valence-corrected chi connectivity index (χ2v) is 3.85. The second-order valence-electron chi connectivity index (χ2n) is 3.85. The van der Waals surface area contributed by atoms with Gasteiger partial charge in [-0.25, -0.2) is 10.2 Å². The van der Waals surface area contributed by atoms with Gasteiger partial charge in [0.05, 0.1) is 0 Å². The zero-order chi connectivity index (χ0) is 10.5. The van der Waals surface area contributed by atoms with Gasteiger partial charge in [0.25, 0.3) is 0 Å². The Hall–Kier alpha value is -1.32. The first kappa shape index (κ1) is 11.7. The lowest BCUT2D eigenvalue weighted by Gasteiger charge is -2.18. The highest BCUT2D eigenvalue weighted by atomic mass is 16.2. The van der Waals surface area contributed by atoms with Gasteiger partial charge < -0.3 is 5.73 Å². The zero-order valence-electron chi connectivity index (χ0n) is 8.59. The van der Waals surface area contributed by atoms with Crippen LogP contribution in [-0.2, 0) is 0 Å². The molecule has 0 atom stereocenters. The Kier molecular flexibility index (Phi) is 4.17. The molecule has 0 radical (unpaired) electrons. The van der Waals surface area contributed by atoms with E-state index in [9.17, 15) is 4.79 Å². The molecule has 0 aliphatic heterocycles. The smallest absolute Gasteiger partial charge is 0.332 e. The van der Waals surface area contributed by atoms with Crippen molar-refractivity contribution in [1.82, 2.24) is 5.43 Å². The molecule has 2 amide bonds. The summed E-state index contributed by atoms with van der Waals surface area (Å²) in [6, 6.07) is -0.655. The van der Waals surface area contributed by atoms with Crippen molar-refractivity contribution in [2.45, 2.75) is 27.7 Å². The maximum Gasteiger partial charge on any atom is 0.332 e. The number of carbonyl (C=O) groups is 1. The van der Waals surface area contributed by atoms with Crippen molar-refractivity contribution in [3.05, 3.63) is 11.6 Å². The first-order valence-corrected chi connectivity index (χ1v) is 4.10. The minimum Gasteiger partial charge on any atom is -0.350 e. The molecule has 0 rings (SSSR count). The Morgan fingerprint density at radius 2 is 2.00 bits per heavy atom. The van der Waals surface area contributed by atoms with E-state index in [-0.39, 0.29) is 5.41 Å². The molecule has 0 aromatic rings. The maximum atomic E-state index is 10.2. The highest BCUT2D eigenvalue weighted by Crippen LogP contribution is 2.23. The molecule has 0 aliphatic rings. The minimum absolute atomic E-state index is 0.124. The van der Waals surface area contributed by atoms with Crippen LogP contribution in [0.2, 0.25) is 0 Å². The summed E-state index contributed by atoms with van der Waals surface area (Å²) in [4.78, 5) is 10.2. The second kappa shape index (κ2) is 4.64. The Balaban J connectivity index is 4.12. The number of nitrogens with two attached hydrogens (primary N) is 1.